The van der Waals surface area contributed by atoms with Crippen LogP contribution in [0.25, 0.3) is 0 Å². The zero-order chi connectivity index (χ0) is 23.6. The number of amides is 1. The van der Waals surface area contributed by atoms with Gasteiger partial charge < -0.3 is 29.2 Å². The van der Waals surface area contributed by atoms with Crippen LogP contribution in [0.1, 0.15) is 17.3 Å². The third-order valence-corrected chi connectivity index (χ3v) is 5.36. The van der Waals surface area contributed by atoms with Gasteiger partial charge in [-0.25, -0.2) is 0 Å². The van der Waals surface area contributed by atoms with Crippen molar-refractivity contribution in [3.63, 3.8) is 0 Å². The number of hydrogen-bond acceptors (Lipinski definition) is 6. The fourth-order valence-electron chi connectivity index (χ4n) is 3.72. The zero-order valence-corrected chi connectivity index (χ0v) is 19.4. The van der Waals surface area contributed by atoms with Crippen molar-refractivity contribution in [2.75, 3.05) is 56.3 Å². The predicted octanol–water partition coefficient (Wildman–Crippen LogP) is 4.63. The lowest BCUT2D eigenvalue weighted by Gasteiger charge is -2.30. The molecule has 1 amide bonds. The van der Waals surface area contributed by atoms with Gasteiger partial charge in [-0.2, -0.15) is 0 Å². The second-order valence-corrected chi connectivity index (χ2v) is 7.68. The van der Waals surface area contributed by atoms with Gasteiger partial charge in [0.25, 0.3) is 5.91 Å². The summed E-state index contributed by atoms with van der Waals surface area (Å²) in [7, 11) is 0. The van der Waals surface area contributed by atoms with Crippen molar-refractivity contribution in [2.45, 2.75) is 6.92 Å². The van der Waals surface area contributed by atoms with Gasteiger partial charge in [-0.05, 0) is 49.4 Å². The molecule has 1 saturated heterocycles. The molecule has 1 aliphatic rings. The second-order valence-electron chi connectivity index (χ2n) is 7.68. The second kappa shape index (κ2) is 12.0. The van der Waals surface area contributed by atoms with Crippen LogP contribution in [0, 0.1) is 0 Å². The molecule has 0 aromatic heterocycles. The molecule has 178 valence electrons. The summed E-state index contributed by atoms with van der Waals surface area (Å²) in [4.78, 5) is 15.3. The maximum Gasteiger partial charge on any atom is 0.255 e. The van der Waals surface area contributed by atoms with Crippen molar-refractivity contribution in [3.8, 4) is 17.2 Å². The minimum Gasteiger partial charge on any atom is -0.490 e. The van der Waals surface area contributed by atoms with Crippen molar-refractivity contribution < 1.29 is 23.7 Å². The Balaban J connectivity index is 1.41. The molecule has 0 bridgehead atoms. The van der Waals surface area contributed by atoms with Crippen LogP contribution < -0.4 is 24.4 Å². The van der Waals surface area contributed by atoms with E-state index in [1.54, 1.807) is 18.2 Å². The summed E-state index contributed by atoms with van der Waals surface area (Å²) in [6, 6.07) is 22.6. The summed E-state index contributed by atoms with van der Waals surface area (Å²) < 4.78 is 22.7. The highest BCUT2D eigenvalue weighted by Crippen LogP contribution is 2.30. The number of carbonyl (C=O) groups is 1. The lowest BCUT2D eigenvalue weighted by atomic mass is 10.1. The Morgan fingerprint density at radius 1 is 0.882 bits per heavy atom. The topological polar surface area (TPSA) is 69.3 Å². The normalized spacial score (nSPS) is 13.3. The number of carbonyl (C=O) groups excluding carboxylic acids is 1. The van der Waals surface area contributed by atoms with Crippen molar-refractivity contribution in [1.82, 2.24) is 0 Å². The van der Waals surface area contributed by atoms with Gasteiger partial charge in [0.05, 0.1) is 31.2 Å². The standard InChI is InChI=1S/C27H30N2O5/c1-2-32-26-20-21(12-13-25(26)34-19-18-33-22-8-4-3-5-9-22)27(30)28-23-10-6-7-11-24(23)29-14-16-31-17-15-29/h3-13,20H,2,14-19H2,1H3,(H,28,30). The Bertz CT molecular complexity index is 1070. The first-order valence-electron chi connectivity index (χ1n) is 11.5. The van der Waals surface area contributed by atoms with Crippen LogP contribution in [0.2, 0.25) is 0 Å². The molecule has 1 fully saturated rings. The Labute approximate surface area is 200 Å². The van der Waals surface area contributed by atoms with E-state index in [0.717, 1.165) is 30.2 Å². The van der Waals surface area contributed by atoms with E-state index in [4.69, 9.17) is 18.9 Å². The molecule has 1 aliphatic heterocycles. The van der Waals surface area contributed by atoms with Crippen LogP contribution >= 0.6 is 0 Å². The molecule has 34 heavy (non-hydrogen) atoms. The van der Waals surface area contributed by atoms with Crippen molar-refractivity contribution >= 4 is 17.3 Å². The highest BCUT2D eigenvalue weighted by molar-refractivity contribution is 6.06. The first-order valence-corrected chi connectivity index (χ1v) is 11.5. The Hall–Kier alpha value is -3.71. The summed E-state index contributed by atoms with van der Waals surface area (Å²) in [6.45, 7) is 6.05. The van der Waals surface area contributed by atoms with Gasteiger partial charge in [-0.1, -0.05) is 30.3 Å². The smallest absolute Gasteiger partial charge is 0.255 e. The van der Waals surface area contributed by atoms with E-state index in [1.165, 1.54) is 0 Å². The van der Waals surface area contributed by atoms with Crippen molar-refractivity contribution in [1.29, 1.82) is 0 Å². The molecular weight excluding hydrogens is 432 g/mol. The number of ether oxygens (including phenoxy) is 4. The average molecular weight is 463 g/mol. The van der Waals surface area contributed by atoms with E-state index in [1.807, 2.05) is 61.5 Å². The van der Waals surface area contributed by atoms with E-state index in [2.05, 4.69) is 10.2 Å². The van der Waals surface area contributed by atoms with Gasteiger partial charge in [0.1, 0.15) is 19.0 Å². The van der Waals surface area contributed by atoms with Gasteiger partial charge in [0, 0.05) is 18.7 Å². The summed E-state index contributed by atoms with van der Waals surface area (Å²) in [6.07, 6.45) is 0. The fourth-order valence-corrected chi connectivity index (χ4v) is 3.72. The first kappa shape index (κ1) is 23.4. The number of benzene rings is 3. The molecule has 0 aliphatic carbocycles. The number of nitrogens with one attached hydrogen (secondary N) is 1. The molecule has 3 aromatic rings. The first-order chi connectivity index (χ1) is 16.7. The van der Waals surface area contributed by atoms with Crippen LogP contribution in [-0.4, -0.2) is 52.0 Å². The van der Waals surface area contributed by atoms with E-state index < -0.39 is 0 Å². The van der Waals surface area contributed by atoms with Gasteiger partial charge in [-0.15, -0.1) is 0 Å². The van der Waals surface area contributed by atoms with Crippen LogP contribution in [0.4, 0.5) is 11.4 Å². The third kappa shape index (κ3) is 6.20. The highest BCUT2D eigenvalue weighted by Gasteiger charge is 2.17. The molecule has 1 N–H and O–H groups in total. The molecule has 0 radical (unpaired) electrons. The SMILES string of the molecule is CCOc1cc(C(=O)Nc2ccccc2N2CCOCC2)ccc1OCCOc1ccccc1. The fraction of sp³-hybridized carbons (Fsp3) is 0.296. The molecule has 7 nitrogen and oxygen atoms in total. The van der Waals surface area contributed by atoms with Crippen LogP contribution in [0.5, 0.6) is 17.2 Å². The zero-order valence-electron chi connectivity index (χ0n) is 19.4. The number of para-hydroxylation sites is 3. The lowest BCUT2D eigenvalue weighted by molar-refractivity contribution is 0.102. The van der Waals surface area contributed by atoms with Crippen LogP contribution in [-0.2, 0) is 4.74 Å². The molecule has 0 atom stereocenters. The number of rotatable bonds is 10. The van der Waals surface area contributed by atoms with Gasteiger partial charge in [0.15, 0.2) is 11.5 Å². The molecule has 4 rings (SSSR count). The van der Waals surface area contributed by atoms with Gasteiger partial charge in [0.2, 0.25) is 0 Å². The van der Waals surface area contributed by atoms with Gasteiger partial charge in [-0.3, -0.25) is 4.79 Å². The Kier molecular flexibility index (Phi) is 8.24. The summed E-state index contributed by atoms with van der Waals surface area (Å²) >= 11 is 0. The molecular formula is C27H30N2O5. The molecule has 3 aromatic carbocycles. The summed E-state index contributed by atoms with van der Waals surface area (Å²) in [5.74, 6) is 1.68. The number of hydrogen-bond donors (Lipinski definition) is 1. The summed E-state index contributed by atoms with van der Waals surface area (Å²) in [5.41, 5.74) is 2.25. The maximum atomic E-state index is 13.1. The van der Waals surface area contributed by atoms with Crippen LogP contribution in [0.15, 0.2) is 72.8 Å². The number of nitrogens with zero attached hydrogens (tertiary/aromatic N) is 1. The average Bonchev–Trinajstić information content (AvgIpc) is 2.89. The van der Waals surface area contributed by atoms with E-state index in [0.29, 0.717) is 50.1 Å². The minimum atomic E-state index is -0.208. The molecule has 1 heterocycles. The number of anilines is 2. The van der Waals surface area contributed by atoms with E-state index >= 15 is 0 Å². The van der Waals surface area contributed by atoms with E-state index in [-0.39, 0.29) is 5.91 Å². The largest absolute Gasteiger partial charge is 0.490 e. The quantitative estimate of drug-likeness (QED) is 0.443. The van der Waals surface area contributed by atoms with Crippen molar-refractivity contribution in [3.05, 3.63) is 78.4 Å². The molecule has 0 unspecified atom stereocenters. The minimum absolute atomic E-state index is 0.208. The Morgan fingerprint density at radius 3 is 2.41 bits per heavy atom. The maximum absolute atomic E-state index is 13.1. The summed E-state index contributed by atoms with van der Waals surface area (Å²) in [5, 5.41) is 3.05. The lowest BCUT2D eigenvalue weighted by Crippen LogP contribution is -2.36. The van der Waals surface area contributed by atoms with Crippen molar-refractivity contribution in [2.24, 2.45) is 0 Å². The van der Waals surface area contributed by atoms with Crippen LogP contribution in [0.3, 0.4) is 0 Å². The highest BCUT2D eigenvalue weighted by atomic mass is 16.5. The molecule has 0 saturated carbocycles. The molecule has 7 heteroatoms. The van der Waals surface area contributed by atoms with E-state index in [9.17, 15) is 4.79 Å². The monoisotopic (exact) mass is 462 g/mol. The molecule has 0 spiro atoms. The number of morpholine rings is 1. The van der Waals surface area contributed by atoms with Gasteiger partial charge >= 0.3 is 0 Å². The Morgan fingerprint density at radius 2 is 1.62 bits per heavy atom. The predicted molar refractivity (Wildman–Crippen MR) is 132 cm³/mol. The third-order valence-electron chi connectivity index (χ3n) is 5.36.